The zero-order valence-corrected chi connectivity index (χ0v) is 12.5. The summed E-state index contributed by atoms with van der Waals surface area (Å²) in [4.78, 5) is 18.5. The Labute approximate surface area is 122 Å². The van der Waals surface area contributed by atoms with Crippen molar-refractivity contribution in [2.24, 2.45) is 0 Å². The van der Waals surface area contributed by atoms with Gasteiger partial charge in [0, 0.05) is 30.2 Å². The average molecular weight is 287 g/mol. The molecule has 1 aliphatic rings. The number of benzene rings is 1. The number of amides is 1. The number of anilines is 1. The Hall–Kier alpha value is -1.88. The zero-order chi connectivity index (χ0) is 14.1. The van der Waals surface area contributed by atoms with Gasteiger partial charge in [0.05, 0.1) is 17.2 Å². The predicted molar refractivity (Wildman–Crippen MR) is 81.3 cm³/mol. The van der Waals surface area contributed by atoms with Crippen molar-refractivity contribution in [2.45, 2.75) is 19.9 Å². The molecule has 1 aromatic heterocycles. The van der Waals surface area contributed by atoms with Crippen molar-refractivity contribution < 1.29 is 4.79 Å². The minimum atomic E-state index is 0.0344. The molecular formula is C15H17N3OS. The summed E-state index contributed by atoms with van der Waals surface area (Å²) in [5.41, 5.74) is 4.06. The van der Waals surface area contributed by atoms with Crippen LogP contribution in [-0.2, 0) is 13.0 Å². The Balaban J connectivity index is 1.74. The van der Waals surface area contributed by atoms with Gasteiger partial charge in [0.2, 0.25) is 0 Å². The normalized spacial score (nSPS) is 12.9. The van der Waals surface area contributed by atoms with Crippen LogP contribution >= 0.6 is 11.3 Å². The first kappa shape index (κ1) is 13.1. The summed E-state index contributed by atoms with van der Waals surface area (Å²) in [5, 5.41) is 6.34. The van der Waals surface area contributed by atoms with Crippen molar-refractivity contribution in [3.05, 3.63) is 45.4 Å². The van der Waals surface area contributed by atoms with E-state index in [1.807, 2.05) is 37.6 Å². The second-order valence-electron chi connectivity index (χ2n) is 5.07. The van der Waals surface area contributed by atoms with Gasteiger partial charge in [-0.3, -0.25) is 4.79 Å². The van der Waals surface area contributed by atoms with E-state index in [0.717, 1.165) is 34.9 Å². The van der Waals surface area contributed by atoms with Gasteiger partial charge < -0.3 is 10.2 Å². The van der Waals surface area contributed by atoms with Crippen LogP contribution in [0.5, 0.6) is 0 Å². The van der Waals surface area contributed by atoms with Crippen LogP contribution in [-0.4, -0.2) is 29.4 Å². The molecule has 0 saturated heterocycles. The highest BCUT2D eigenvalue weighted by molar-refractivity contribution is 7.09. The summed E-state index contributed by atoms with van der Waals surface area (Å²) in [6.07, 6.45) is 1.04. The van der Waals surface area contributed by atoms with Crippen LogP contribution in [0, 0.1) is 6.92 Å². The topological polar surface area (TPSA) is 45.2 Å². The number of hydrogen-bond donors (Lipinski definition) is 1. The molecule has 0 radical (unpaired) electrons. The molecular weight excluding hydrogens is 270 g/mol. The van der Waals surface area contributed by atoms with Crippen molar-refractivity contribution in [3.8, 4) is 0 Å². The molecule has 1 N–H and O–H groups in total. The third-order valence-electron chi connectivity index (χ3n) is 3.48. The lowest BCUT2D eigenvalue weighted by molar-refractivity contribution is 0.0783. The van der Waals surface area contributed by atoms with Gasteiger partial charge in [-0.15, -0.1) is 11.3 Å². The maximum Gasteiger partial charge on any atom is 0.254 e. The number of carbonyl (C=O) groups is 1. The molecule has 0 atom stereocenters. The molecule has 5 heteroatoms. The van der Waals surface area contributed by atoms with E-state index in [1.54, 1.807) is 16.2 Å². The van der Waals surface area contributed by atoms with Crippen molar-refractivity contribution >= 4 is 22.9 Å². The molecule has 0 unspecified atom stereocenters. The molecule has 1 amide bonds. The number of nitrogens with zero attached hydrogens (tertiary/aromatic N) is 2. The maximum atomic E-state index is 12.4. The SMILES string of the molecule is Cc1nc(CN(C)C(=O)c2ccc3c(c2)NCC3)cs1. The van der Waals surface area contributed by atoms with Gasteiger partial charge in [0.15, 0.2) is 0 Å². The molecule has 1 aliphatic heterocycles. The van der Waals surface area contributed by atoms with E-state index in [-0.39, 0.29) is 5.91 Å². The molecule has 0 bridgehead atoms. The third kappa shape index (κ3) is 2.54. The molecule has 4 nitrogen and oxygen atoms in total. The number of rotatable bonds is 3. The van der Waals surface area contributed by atoms with Crippen molar-refractivity contribution in [1.82, 2.24) is 9.88 Å². The minimum absolute atomic E-state index is 0.0344. The average Bonchev–Trinajstić information content (AvgIpc) is 3.05. The molecule has 0 spiro atoms. The number of hydrogen-bond acceptors (Lipinski definition) is 4. The van der Waals surface area contributed by atoms with Crippen molar-refractivity contribution in [3.63, 3.8) is 0 Å². The number of nitrogens with one attached hydrogen (secondary N) is 1. The summed E-state index contributed by atoms with van der Waals surface area (Å²) in [7, 11) is 1.82. The van der Waals surface area contributed by atoms with Crippen LogP contribution in [0.15, 0.2) is 23.6 Å². The zero-order valence-electron chi connectivity index (χ0n) is 11.6. The maximum absolute atomic E-state index is 12.4. The third-order valence-corrected chi connectivity index (χ3v) is 4.30. The summed E-state index contributed by atoms with van der Waals surface area (Å²) < 4.78 is 0. The van der Waals surface area contributed by atoms with Crippen LogP contribution in [0.1, 0.15) is 26.6 Å². The van der Waals surface area contributed by atoms with Gasteiger partial charge in [-0.25, -0.2) is 4.98 Å². The molecule has 0 saturated carbocycles. The van der Waals surface area contributed by atoms with Crippen LogP contribution in [0.4, 0.5) is 5.69 Å². The smallest absolute Gasteiger partial charge is 0.254 e. The number of aryl methyl sites for hydroxylation is 1. The van der Waals surface area contributed by atoms with Gasteiger partial charge >= 0.3 is 0 Å². The molecule has 20 heavy (non-hydrogen) atoms. The summed E-state index contributed by atoms with van der Waals surface area (Å²) >= 11 is 1.61. The van der Waals surface area contributed by atoms with E-state index in [1.165, 1.54) is 5.56 Å². The van der Waals surface area contributed by atoms with E-state index in [2.05, 4.69) is 10.3 Å². The van der Waals surface area contributed by atoms with Crippen LogP contribution in [0.3, 0.4) is 0 Å². The monoisotopic (exact) mass is 287 g/mol. The van der Waals surface area contributed by atoms with E-state index in [4.69, 9.17) is 0 Å². The van der Waals surface area contributed by atoms with E-state index in [9.17, 15) is 4.79 Å². The van der Waals surface area contributed by atoms with Gasteiger partial charge in [-0.2, -0.15) is 0 Å². The highest BCUT2D eigenvalue weighted by Crippen LogP contribution is 2.24. The lowest BCUT2D eigenvalue weighted by Gasteiger charge is -2.16. The number of aromatic nitrogens is 1. The molecule has 104 valence electrons. The Morgan fingerprint density at radius 1 is 1.50 bits per heavy atom. The lowest BCUT2D eigenvalue weighted by Crippen LogP contribution is -2.26. The van der Waals surface area contributed by atoms with Gasteiger partial charge in [-0.1, -0.05) is 6.07 Å². The fraction of sp³-hybridized carbons (Fsp3) is 0.333. The van der Waals surface area contributed by atoms with Crippen LogP contribution < -0.4 is 5.32 Å². The van der Waals surface area contributed by atoms with Gasteiger partial charge in [-0.05, 0) is 31.0 Å². The van der Waals surface area contributed by atoms with E-state index >= 15 is 0 Å². The predicted octanol–water partition coefficient (Wildman–Crippen LogP) is 2.69. The summed E-state index contributed by atoms with van der Waals surface area (Å²) in [6.45, 7) is 3.48. The highest BCUT2D eigenvalue weighted by atomic mass is 32.1. The highest BCUT2D eigenvalue weighted by Gasteiger charge is 2.17. The Morgan fingerprint density at radius 3 is 3.10 bits per heavy atom. The molecule has 1 aromatic carbocycles. The lowest BCUT2D eigenvalue weighted by atomic mass is 10.1. The molecule has 2 heterocycles. The first-order valence-corrected chi connectivity index (χ1v) is 7.55. The summed E-state index contributed by atoms with van der Waals surface area (Å²) in [6, 6.07) is 5.91. The Morgan fingerprint density at radius 2 is 2.35 bits per heavy atom. The van der Waals surface area contributed by atoms with Gasteiger partial charge in [0.1, 0.15) is 0 Å². The fourth-order valence-electron chi connectivity index (χ4n) is 2.44. The van der Waals surface area contributed by atoms with Gasteiger partial charge in [0.25, 0.3) is 5.91 Å². The van der Waals surface area contributed by atoms with Crippen molar-refractivity contribution in [2.75, 3.05) is 18.9 Å². The largest absolute Gasteiger partial charge is 0.384 e. The minimum Gasteiger partial charge on any atom is -0.384 e. The van der Waals surface area contributed by atoms with Crippen LogP contribution in [0.25, 0.3) is 0 Å². The van der Waals surface area contributed by atoms with E-state index in [0.29, 0.717) is 6.54 Å². The van der Waals surface area contributed by atoms with Crippen LogP contribution in [0.2, 0.25) is 0 Å². The number of fused-ring (bicyclic) bond motifs is 1. The summed E-state index contributed by atoms with van der Waals surface area (Å²) in [5.74, 6) is 0.0344. The Kier molecular flexibility index (Phi) is 3.44. The fourth-order valence-corrected chi connectivity index (χ4v) is 3.04. The number of carbonyl (C=O) groups excluding carboxylic acids is 1. The molecule has 0 aliphatic carbocycles. The second kappa shape index (κ2) is 5.25. The number of thiazole rings is 1. The molecule has 2 aromatic rings. The second-order valence-corrected chi connectivity index (χ2v) is 6.13. The Bertz CT molecular complexity index is 650. The first-order valence-electron chi connectivity index (χ1n) is 6.67. The molecule has 3 rings (SSSR count). The standard InChI is InChI=1S/C15H17N3OS/c1-10-17-13(9-20-10)8-18(2)15(19)12-4-3-11-5-6-16-14(11)7-12/h3-4,7,9,16H,5-6,8H2,1-2H3. The first-order chi connectivity index (χ1) is 9.63. The van der Waals surface area contributed by atoms with Crippen molar-refractivity contribution in [1.29, 1.82) is 0 Å². The quantitative estimate of drug-likeness (QED) is 0.944. The van der Waals surface area contributed by atoms with E-state index < -0.39 is 0 Å². The molecule has 0 fully saturated rings.